The van der Waals surface area contributed by atoms with Crippen LogP contribution in [-0.4, -0.2) is 53.0 Å². The van der Waals surface area contributed by atoms with Crippen LogP contribution in [0.5, 0.6) is 5.75 Å². The average Bonchev–Trinajstić information content (AvgIpc) is 3.14. The van der Waals surface area contributed by atoms with Gasteiger partial charge in [-0.05, 0) is 73.2 Å². The molecule has 3 N–H and O–H groups in total. The van der Waals surface area contributed by atoms with Crippen molar-refractivity contribution in [3.63, 3.8) is 0 Å². The SMILES string of the molecule is CCC(C)[C@H](NC(=O)c1ccc2ccccc2n1)C(=O)N[C@@H](Cc1ccccc1)[C@H](COc1ccc2ccccc2c1C(=O)NC(C)(C)C)N=[N+]=[N-]. The lowest BCUT2D eigenvalue weighted by molar-refractivity contribution is -0.125. The van der Waals surface area contributed by atoms with E-state index in [1.807, 2.05) is 126 Å². The highest BCUT2D eigenvalue weighted by Crippen LogP contribution is 2.29. The Labute approximate surface area is 303 Å². The summed E-state index contributed by atoms with van der Waals surface area (Å²) in [7, 11) is 0. The normalized spacial score (nSPS) is 13.6. The molecule has 0 radical (unpaired) electrons. The van der Waals surface area contributed by atoms with Gasteiger partial charge >= 0.3 is 0 Å². The number of hydrogen-bond acceptors (Lipinski definition) is 6. The van der Waals surface area contributed by atoms with Crippen molar-refractivity contribution in [1.82, 2.24) is 20.9 Å². The summed E-state index contributed by atoms with van der Waals surface area (Å²) in [5.41, 5.74) is 11.3. The molecule has 1 aromatic heterocycles. The number of ether oxygens (including phenoxy) is 1. The molecular weight excluding hydrogens is 654 g/mol. The van der Waals surface area contributed by atoms with Crippen LogP contribution in [0.4, 0.5) is 0 Å². The Hall–Kier alpha value is -5.93. The summed E-state index contributed by atoms with van der Waals surface area (Å²) in [6.45, 7) is 9.40. The number of pyridine rings is 1. The fourth-order valence-corrected chi connectivity index (χ4v) is 6.01. The minimum atomic E-state index is -0.912. The molecular formula is C41H45N7O4. The van der Waals surface area contributed by atoms with Crippen molar-refractivity contribution in [2.75, 3.05) is 6.61 Å². The summed E-state index contributed by atoms with van der Waals surface area (Å²) >= 11 is 0. The van der Waals surface area contributed by atoms with E-state index in [2.05, 4.69) is 31.0 Å². The molecule has 0 bridgehead atoms. The number of para-hydroxylation sites is 1. The Morgan fingerprint density at radius 1 is 0.846 bits per heavy atom. The maximum absolute atomic E-state index is 14.2. The average molecular weight is 700 g/mol. The van der Waals surface area contributed by atoms with E-state index in [0.717, 1.165) is 16.3 Å². The zero-order valence-corrected chi connectivity index (χ0v) is 30.2. The summed E-state index contributed by atoms with van der Waals surface area (Å²) in [5.74, 6) is -1.13. The van der Waals surface area contributed by atoms with Crippen LogP contribution in [0, 0.1) is 5.92 Å². The Morgan fingerprint density at radius 3 is 2.23 bits per heavy atom. The molecule has 0 aliphatic carbocycles. The lowest BCUT2D eigenvalue weighted by atomic mass is 9.95. The fourth-order valence-electron chi connectivity index (χ4n) is 6.01. The third-order valence-corrected chi connectivity index (χ3v) is 8.92. The maximum atomic E-state index is 14.2. The van der Waals surface area contributed by atoms with E-state index in [4.69, 9.17) is 4.74 Å². The lowest BCUT2D eigenvalue weighted by Gasteiger charge is -2.30. The largest absolute Gasteiger partial charge is 0.492 e. The van der Waals surface area contributed by atoms with E-state index in [9.17, 15) is 19.9 Å². The summed E-state index contributed by atoms with van der Waals surface area (Å²) in [5, 5.41) is 15.6. The quantitative estimate of drug-likeness (QED) is 0.0620. The van der Waals surface area contributed by atoms with Crippen LogP contribution in [0.1, 0.15) is 67.4 Å². The monoisotopic (exact) mass is 699 g/mol. The molecule has 5 rings (SSSR count). The predicted octanol–water partition coefficient (Wildman–Crippen LogP) is 7.55. The number of carbonyl (C=O) groups excluding carboxylic acids is 3. The highest BCUT2D eigenvalue weighted by atomic mass is 16.5. The van der Waals surface area contributed by atoms with Crippen LogP contribution in [0.25, 0.3) is 32.1 Å². The van der Waals surface area contributed by atoms with Crippen molar-refractivity contribution in [3.8, 4) is 5.75 Å². The number of amides is 3. The molecule has 52 heavy (non-hydrogen) atoms. The first-order chi connectivity index (χ1) is 25.0. The first-order valence-electron chi connectivity index (χ1n) is 17.5. The van der Waals surface area contributed by atoms with E-state index in [0.29, 0.717) is 35.1 Å². The third-order valence-electron chi connectivity index (χ3n) is 8.92. The molecule has 1 heterocycles. The number of hydrogen-bond donors (Lipinski definition) is 3. The molecule has 268 valence electrons. The Bertz CT molecular complexity index is 2090. The Balaban J connectivity index is 1.43. The predicted molar refractivity (Wildman–Crippen MR) is 204 cm³/mol. The van der Waals surface area contributed by atoms with Gasteiger partial charge in [0.2, 0.25) is 5.91 Å². The van der Waals surface area contributed by atoms with Gasteiger partial charge in [0.15, 0.2) is 0 Å². The van der Waals surface area contributed by atoms with Crippen LogP contribution in [-0.2, 0) is 11.2 Å². The molecule has 0 aliphatic rings. The van der Waals surface area contributed by atoms with Gasteiger partial charge in [0, 0.05) is 21.9 Å². The van der Waals surface area contributed by atoms with Crippen molar-refractivity contribution >= 4 is 39.4 Å². The number of azide groups is 1. The second-order valence-corrected chi connectivity index (χ2v) is 14.0. The Morgan fingerprint density at radius 2 is 1.52 bits per heavy atom. The van der Waals surface area contributed by atoms with E-state index in [1.54, 1.807) is 12.1 Å². The molecule has 11 nitrogen and oxygen atoms in total. The molecule has 3 amide bonds. The summed E-state index contributed by atoms with van der Waals surface area (Å²) in [6.07, 6.45) is 0.916. The van der Waals surface area contributed by atoms with Crippen molar-refractivity contribution in [2.45, 2.75) is 71.1 Å². The number of nitrogens with one attached hydrogen (secondary N) is 3. The molecule has 0 fully saturated rings. The van der Waals surface area contributed by atoms with Crippen LogP contribution in [0.15, 0.2) is 108 Å². The maximum Gasteiger partial charge on any atom is 0.270 e. The minimum Gasteiger partial charge on any atom is -0.492 e. The van der Waals surface area contributed by atoms with Crippen LogP contribution in [0.2, 0.25) is 0 Å². The zero-order chi connectivity index (χ0) is 37.3. The number of nitrogens with zero attached hydrogens (tertiary/aromatic N) is 4. The van der Waals surface area contributed by atoms with Gasteiger partial charge in [0.05, 0.1) is 23.7 Å². The smallest absolute Gasteiger partial charge is 0.270 e. The number of carbonyl (C=O) groups is 3. The molecule has 0 saturated heterocycles. The topological polar surface area (TPSA) is 158 Å². The van der Waals surface area contributed by atoms with E-state index < -0.39 is 35.5 Å². The second kappa shape index (κ2) is 16.9. The molecule has 0 saturated carbocycles. The van der Waals surface area contributed by atoms with Gasteiger partial charge in [-0.1, -0.05) is 110 Å². The standard InChI is InChI=1S/C41H45N7O4/c1-6-26(2)37(45-38(49)32-22-20-29-17-11-13-19-31(29)43-32)40(51)44-33(24-27-14-8-7-9-15-27)34(47-48-42)25-52-35-23-21-28-16-10-12-18-30(28)36(35)39(50)46-41(3,4)5/h7-23,26,33-34,37H,6,24-25H2,1-5H3,(H,44,51)(H,45,49)(H,46,50)/t26?,33-,34-,37-/m0/s1. The number of aromatic nitrogens is 1. The third kappa shape index (κ3) is 9.44. The number of fused-ring (bicyclic) bond motifs is 2. The van der Waals surface area contributed by atoms with Gasteiger partial charge in [-0.3, -0.25) is 14.4 Å². The van der Waals surface area contributed by atoms with Crippen molar-refractivity contribution in [1.29, 1.82) is 0 Å². The van der Waals surface area contributed by atoms with Crippen molar-refractivity contribution < 1.29 is 19.1 Å². The molecule has 4 atom stereocenters. The second-order valence-electron chi connectivity index (χ2n) is 14.0. The minimum absolute atomic E-state index is 0.142. The molecule has 5 aromatic rings. The number of rotatable bonds is 14. The van der Waals surface area contributed by atoms with Crippen molar-refractivity contribution in [3.05, 3.63) is 130 Å². The number of benzene rings is 4. The van der Waals surface area contributed by atoms with E-state index in [1.165, 1.54) is 0 Å². The van der Waals surface area contributed by atoms with Crippen molar-refractivity contribution in [2.24, 2.45) is 11.0 Å². The first-order valence-corrected chi connectivity index (χ1v) is 17.5. The molecule has 11 heteroatoms. The van der Waals surface area contributed by atoms with Crippen LogP contribution in [0.3, 0.4) is 0 Å². The van der Waals surface area contributed by atoms with Gasteiger partial charge < -0.3 is 20.7 Å². The van der Waals surface area contributed by atoms with Gasteiger partial charge in [0.1, 0.15) is 17.5 Å². The zero-order valence-electron chi connectivity index (χ0n) is 30.2. The van der Waals surface area contributed by atoms with Gasteiger partial charge in [-0.15, -0.1) is 0 Å². The van der Waals surface area contributed by atoms with E-state index in [-0.39, 0.29) is 24.1 Å². The summed E-state index contributed by atoms with van der Waals surface area (Å²) in [4.78, 5) is 48.9. The van der Waals surface area contributed by atoms with E-state index >= 15 is 0 Å². The fraction of sp³-hybridized carbons (Fsp3) is 0.317. The molecule has 0 spiro atoms. The van der Waals surface area contributed by atoms with Crippen LogP contribution >= 0.6 is 0 Å². The van der Waals surface area contributed by atoms with Crippen LogP contribution < -0.4 is 20.7 Å². The van der Waals surface area contributed by atoms with Gasteiger partial charge in [0.25, 0.3) is 11.8 Å². The lowest BCUT2D eigenvalue weighted by Crippen LogP contribution is -2.55. The molecule has 1 unspecified atom stereocenters. The molecule has 0 aliphatic heterocycles. The highest BCUT2D eigenvalue weighted by Gasteiger charge is 2.32. The van der Waals surface area contributed by atoms with Gasteiger partial charge in [-0.2, -0.15) is 0 Å². The summed E-state index contributed by atoms with van der Waals surface area (Å²) in [6, 6.07) is 29.1. The molecule has 4 aromatic carbocycles. The Kier molecular flexibility index (Phi) is 12.1. The van der Waals surface area contributed by atoms with Gasteiger partial charge in [-0.25, -0.2) is 4.98 Å². The highest BCUT2D eigenvalue weighted by molar-refractivity contribution is 6.09. The first kappa shape index (κ1) is 37.3. The summed E-state index contributed by atoms with van der Waals surface area (Å²) < 4.78 is 6.33.